The van der Waals surface area contributed by atoms with Gasteiger partial charge in [-0.1, -0.05) is 72.8 Å². The molecule has 4 aromatic carbocycles. The summed E-state index contributed by atoms with van der Waals surface area (Å²) in [5.74, 6) is 0. The van der Waals surface area contributed by atoms with Gasteiger partial charge in [-0.3, -0.25) is 0 Å². The van der Waals surface area contributed by atoms with Gasteiger partial charge in [-0.15, -0.1) is 5.56 Å². The summed E-state index contributed by atoms with van der Waals surface area (Å²) in [6.45, 7) is 0. The molecule has 0 aliphatic heterocycles. The number of imidazole rings is 1. The molecule has 0 atom stereocenters. The zero-order chi connectivity index (χ0) is 26.7. The number of benzene rings is 4. The fourth-order valence-corrected chi connectivity index (χ4v) is 10.8. The Morgan fingerprint density at radius 2 is 1.05 bits per heavy atom. The fourth-order valence-electron chi connectivity index (χ4n) is 4.57. The van der Waals surface area contributed by atoms with E-state index in [0.29, 0.717) is 0 Å². The standard InChI is InChI=1S/C26H24P2.C7H6N3O.Ir/c1-5-13-23(14-6-1)27(24-15-7-2-8-16-24)21-22-28(25-17-9-3-10-18-25)26-19-11-4-12-20-26;1-10-3-7(8-5-10)6-2-9-11-4-6;/h1-20H,21-22H2;3-5H,1H3;/q;-1;/p+2. The van der Waals surface area contributed by atoms with E-state index < -0.39 is 15.8 Å². The minimum atomic E-state index is -0.783. The Labute approximate surface area is 252 Å². The minimum Gasteiger partial charge on any atom is -0.438 e. The van der Waals surface area contributed by atoms with Crippen molar-refractivity contribution in [3.8, 4) is 11.3 Å². The van der Waals surface area contributed by atoms with Gasteiger partial charge in [0.25, 0.3) is 0 Å². The Morgan fingerprint density at radius 1 is 0.650 bits per heavy atom. The first-order valence-electron chi connectivity index (χ1n) is 13.0. The Bertz CT molecular complexity index is 1350. The molecule has 0 saturated carbocycles. The van der Waals surface area contributed by atoms with Crippen molar-refractivity contribution in [1.82, 2.24) is 14.7 Å². The molecule has 2 aromatic heterocycles. The van der Waals surface area contributed by atoms with Crippen LogP contribution in [-0.4, -0.2) is 27.0 Å². The van der Waals surface area contributed by atoms with E-state index in [1.165, 1.54) is 39.8 Å². The maximum absolute atomic E-state index is 4.62. The third-order valence-electron chi connectivity index (χ3n) is 6.48. The number of aryl methyl sites for hydroxylation is 1. The van der Waals surface area contributed by atoms with Crippen LogP contribution in [0.15, 0.2) is 145 Å². The number of aromatic nitrogens is 3. The summed E-state index contributed by atoms with van der Waals surface area (Å²) in [5, 5.41) is 9.52. The van der Waals surface area contributed by atoms with Crippen molar-refractivity contribution in [2.75, 3.05) is 12.3 Å². The Hall–Kier alpha value is -3.19. The van der Waals surface area contributed by atoms with E-state index >= 15 is 0 Å². The van der Waals surface area contributed by atoms with Crippen molar-refractivity contribution in [3.05, 3.63) is 146 Å². The zero-order valence-corrected chi connectivity index (χ0v) is 26.7. The summed E-state index contributed by atoms with van der Waals surface area (Å²) >= 11 is 0. The Kier molecular flexibility index (Phi) is 11.6. The van der Waals surface area contributed by atoms with E-state index in [1.54, 1.807) is 6.33 Å². The van der Waals surface area contributed by atoms with E-state index in [-0.39, 0.29) is 20.1 Å². The number of rotatable bonds is 8. The van der Waals surface area contributed by atoms with Crippen LogP contribution in [-0.2, 0) is 27.2 Å². The molecule has 0 aliphatic carbocycles. The molecule has 0 spiro atoms. The molecule has 203 valence electrons. The first-order chi connectivity index (χ1) is 19.3. The van der Waals surface area contributed by atoms with Gasteiger partial charge >= 0.3 is 0 Å². The van der Waals surface area contributed by atoms with E-state index in [1.807, 2.05) is 17.8 Å². The monoisotopic (exact) mass is 741 g/mol. The van der Waals surface area contributed by atoms with E-state index in [4.69, 9.17) is 0 Å². The van der Waals surface area contributed by atoms with Crippen molar-refractivity contribution in [1.29, 1.82) is 0 Å². The van der Waals surface area contributed by atoms with Crippen LogP contribution < -0.4 is 21.2 Å². The van der Waals surface area contributed by atoms with E-state index in [0.717, 1.165) is 11.3 Å². The maximum Gasteiger partial charge on any atom is 0.101 e. The second kappa shape index (κ2) is 15.6. The average Bonchev–Trinajstić information content (AvgIpc) is 3.70. The second-order valence-corrected chi connectivity index (χ2v) is 14.4. The summed E-state index contributed by atoms with van der Waals surface area (Å²) in [5.41, 5.74) is 1.61. The fraction of sp³-hybridized carbons (Fsp3) is 0.0909. The molecule has 0 unspecified atom stereocenters. The molecule has 0 fully saturated rings. The van der Waals surface area contributed by atoms with E-state index in [9.17, 15) is 0 Å². The van der Waals surface area contributed by atoms with Crippen molar-refractivity contribution < 1.29 is 24.6 Å². The van der Waals surface area contributed by atoms with Gasteiger partial charge in [-0.25, -0.2) is 0 Å². The largest absolute Gasteiger partial charge is 0.438 e. The predicted molar refractivity (Wildman–Crippen MR) is 168 cm³/mol. The number of hydrogen-bond acceptors (Lipinski definition) is 3. The van der Waals surface area contributed by atoms with Gasteiger partial charge in [0.1, 0.15) is 12.3 Å². The van der Waals surface area contributed by atoms with Gasteiger partial charge in [0.15, 0.2) is 0 Å². The number of hydrogen-bond donors (Lipinski definition) is 0. The van der Waals surface area contributed by atoms with Gasteiger partial charge in [-0.2, -0.15) is 5.16 Å². The summed E-state index contributed by atoms with van der Waals surface area (Å²) in [4.78, 5) is 4.09. The Morgan fingerprint density at radius 3 is 1.35 bits per heavy atom. The number of nitrogens with zero attached hydrogens (tertiary/aromatic N) is 3. The second-order valence-electron chi connectivity index (χ2n) is 9.19. The first-order valence-corrected chi connectivity index (χ1v) is 16.4. The van der Waals surface area contributed by atoms with E-state index in [2.05, 4.69) is 142 Å². The minimum absolute atomic E-state index is 0. The van der Waals surface area contributed by atoms with Gasteiger partial charge in [0.05, 0.1) is 43.4 Å². The summed E-state index contributed by atoms with van der Waals surface area (Å²) in [7, 11) is 0.340. The normalized spacial score (nSPS) is 10.6. The third-order valence-corrected chi connectivity index (χ3v) is 12.6. The van der Waals surface area contributed by atoms with Crippen LogP contribution >= 0.6 is 15.8 Å². The maximum atomic E-state index is 4.62. The molecule has 1 radical (unpaired) electrons. The van der Waals surface area contributed by atoms with Gasteiger partial charge in [0.2, 0.25) is 0 Å². The molecular formula is C33H32IrN3OP2+. The molecule has 40 heavy (non-hydrogen) atoms. The average molecular weight is 741 g/mol. The molecule has 6 rings (SSSR count). The van der Waals surface area contributed by atoms with Gasteiger partial charge in [-0.05, 0) is 66.6 Å². The molecule has 4 nitrogen and oxygen atoms in total. The smallest absolute Gasteiger partial charge is 0.101 e. The Balaban J connectivity index is 0.000000258. The molecule has 0 bridgehead atoms. The van der Waals surface area contributed by atoms with Crippen molar-refractivity contribution in [2.24, 2.45) is 7.05 Å². The van der Waals surface area contributed by atoms with Crippen molar-refractivity contribution in [2.45, 2.75) is 0 Å². The van der Waals surface area contributed by atoms with Crippen LogP contribution in [0.4, 0.5) is 0 Å². The van der Waals surface area contributed by atoms with Gasteiger partial charge in [0, 0.05) is 33.4 Å². The summed E-state index contributed by atoms with van der Waals surface area (Å²) in [6, 6.07) is 44.5. The zero-order valence-electron chi connectivity index (χ0n) is 22.3. The van der Waals surface area contributed by atoms with Crippen LogP contribution in [0, 0.1) is 6.20 Å². The van der Waals surface area contributed by atoms with Crippen molar-refractivity contribution in [3.63, 3.8) is 0 Å². The third kappa shape index (κ3) is 8.16. The molecular weight excluding hydrogens is 709 g/mol. The van der Waals surface area contributed by atoms with Crippen LogP contribution in [0.1, 0.15) is 0 Å². The SMILES string of the molecule is Cn1cnc(-c2[c-]noc2)c1.[Ir].c1ccc([PH+](CC[PH+](c2ccccc2)c2ccccc2)c2ccccc2)cc1. The molecule has 7 heteroatoms. The molecule has 0 amide bonds. The molecule has 2 heterocycles. The van der Waals surface area contributed by atoms with Crippen LogP contribution in [0.25, 0.3) is 11.3 Å². The first kappa shape index (κ1) is 29.8. The summed E-state index contributed by atoms with van der Waals surface area (Å²) in [6.07, 6.45) is 10.3. The van der Waals surface area contributed by atoms with Crippen LogP contribution in [0.5, 0.6) is 0 Å². The van der Waals surface area contributed by atoms with Crippen LogP contribution in [0.2, 0.25) is 0 Å². The topological polar surface area (TPSA) is 43.9 Å². The quantitative estimate of drug-likeness (QED) is 0.151. The molecule has 0 saturated heterocycles. The summed E-state index contributed by atoms with van der Waals surface area (Å²) < 4.78 is 6.48. The molecule has 6 aromatic rings. The molecule has 0 N–H and O–H groups in total. The predicted octanol–water partition coefficient (Wildman–Crippen LogP) is 5.59. The van der Waals surface area contributed by atoms with Crippen LogP contribution in [0.3, 0.4) is 0 Å². The van der Waals surface area contributed by atoms with Gasteiger partial charge < -0.3 is 14.1 Å². The van der Waals surface area contributed by atoms with Crippen molar-refractivity contribution >= 4 is 37.1 Å². The molecule has 0 aliphatic rings.